The molecule has 0 amide bonds. The molecule has 0 N–H and O–H groups in total. The number of nitrogens with zero attached hydrogens (tertiary/aromatic N) is 4. The standard InChI is InChI=1S/C51H32N4S/c1-2-14-33(15-3-1)36-16-12-17-37(32-36)50-52-49(53-51(54-50)43-23-13-22-42-41-21-7-11-27-47(41)56-48(42)43)35-30-28-34(29-31-35)38-18-4-8-24-44(38)55-45-25-9-5-19-39(45)40-20-6-10-26-46(40)55/h1-32H. The topological polar surface area (TPSA) is 43.6 Å². The van der Waals surface area contributed by atoms with Crippen LogP contribution in [0.25, 0.3) is 104 Å². The van der Waals surface area contributed by atoms with Gasteiger partial charge in [-0.05, 0) is 53.1 Å². The molecule has 3 aromatic heterocycles. The number of para-hydroxylation sites is 3. The minimum Gasteiger partial charge on any atom is -0.309 e. The van der Waals surface area contributed by atoms with Crippen LogP contribution in [-0.4, -0.2) is 19.5 Å². The van der Waals surface area contributed by atoms with Crippen molar-refractivity contribution in [1.29, 1.82) is 0 Å². The third kappa shape index (κ3) is 5.40. The van der Waals surface area contributed by atoms with Crippen molar-refractivity contribution in [2.45, 2.75) is 0 Å². The Morgan fingerprint density at radius 3 is 1.66 bits per heavy atom. The summed E-state index contributed by atoms with van der Waals surface area (Å²) in [5.74, 6) is 1.94. The summed E-state index contributed by atoms with van der Waals surface area (Å²) in [4.78, 5) is 15.6. The van der Waals surface area contributed by atoms with E-state index < -0.39 is 0 Å². The van der Waals surface area contributed by atoms with Crippen molar-refractivity contribution in [1.82, 2.24) is 19.5 Å². The average Bonchev–Trinajstić information content (AvgIpc) is 3.83. The zero-order valence-corrected chi connectivity index (χ0v) is 31.0. The van der Waals surface area contributed by atoms with Gasteiger partial charge in [-0.15, -0.1) is 11.3 Å². The van der Waals surface area contributed by atoms with Crippen LogP contribution in [0.3, 0.4) is 0 Å². The Hall–Kier alpha value is -7.21. The third-order valence-electron chi connectivity index (χ3n) is 10.7. The fraction of sp³-hybridized carbons (Fsp3) is 0. The van der Waals surface area contributed by atoms with Crippen molar-refractivity contribution in [2.75, 3.05) is 0 Å². The van der Waals surface area contributed by atoms with Crippen LogP contribution in [0.4, 0.5) is 0 Å². The van der Waals surface area contributed by atoms with E-state index in [9.17, 15) is 0 Å². The molecule has 11 rings (SSSR count). The minimum absolute atomic E-state index is 0.635. The molecule has 0 spiro atoms. The molecule has 0 atom stereocenters. The Kier molecular flexibility index (Phi) is 7.64. The summed E-state index contributed by atoms with van der Waals surface area (Å²) in [7, 11) is 0. The Labute approximate surface area is 327 Å². The molecule has 3 heterocycles. The Morgan fingerprint density at radius 2 is 0.875 bits per heavy atom. The summed E-state index contributed by atoms with van der Waals surface area (Å²) in [6, 6.07) is 68.5. The highest BCUT2D eigenvalue weighted by Crippen LogP contribution is 2.40. The van der Waals surface area contributed by atoms with Crippen molar-refractivity contribution in [3.05, 3.63) is 194 Å². The van der Waals surface area contributed by atoms with Gasteiger partial charge in [0.15, 0.2) is 17.5 Å². The van der Waals surface area contributed by atoms with Crippen LogP contribution in [0.15, 0.2) is 194 Å². The number of benzene rings is 8. The molecule has 4 nitrogen and oxygen atoms in total. The lowest BCUT2D eigenvalue weighted by atomic mass is 10.0. The van der Waals surface area contributed by atoms with E-state index in [1.165, 1.54) is 42.0 Å². The van der Waals surface area contributed by atoms with Crippen molar-refractivity contribution in [3.8, 4) is 62.1 Å². The lowest BCUT2D eigenvalue weighted by Crippen LogP contribution is -2.00. The number of thiophene rings is 1. The normalized spacial score (nSPS) is 11.6. The Bertz CT molecular complexity index is 3200. The summed E-state index contributed by atoms with van der Waals surface area (Å²) in [6.07, 6.45) is 0. The third-order valence-corrected chi connectivity index (χ3v) is 11.9. The maximum Gasteiger partial charge on any atom is 0.165 e. The summed E-state index contributed by atoms with van der Waals surface area (Å²) in [5, 5.41) is 4.95. The summed E-state index contributed by atoms with van der Waals surface area (Å²) < 4.78 is 4.81. The van der Waals surface area contributed by atoms with Crippen molar-refractivity contribution >= 4 is 53.3 Å². The predicted molar refractivity (Wildman–Crippen MR) is 234 cm³/mol. The number of aromatic nitrogens is 4. The first-order valence-corrected chi connectivity index (χ1v) is 19.6. The van der Waals surface area contributed by atoms with Gasteiger partial charge in [0.2, 0.25) is 0 Å². The highest BCUT2D eigenvalue weighted by Gasteiger charge is 2.18. The van der Waals surface area contributed by atoms with E-state index >= 15 is 0 Å². The fourth-order valence-corrected chi connectivity index (χ4v) is 9.25. The van der Waals surface area contributed by atoms with Gasteiger partial charge in [0.1, 0.15) is 0 Å². The smallest absolute Gasteiger partial charge is 0.165 e. The fourth-order valence-electron chi connectivity index (χ4n) is 8.04. The second-order valence-electron chi connectivity index (χ2n) is 14.0. The van der Waals surface area contributed by atoms with Gasteiger partial charge in [0, 0.05) is 53.2 Å². The molecule has 11 aromatic rings. The molecule has 0 saturated carbocycles. The number of fused-ring (bicyclic) bond motifs is 6. The quantitative estimate of drug-likeness (QED) is 0.171. The van der Waals surface area contributed by atoms with Gasteiger partial charge < -0.3 is 4.57 Å². The first-order valence-electron chi connectivity index (χ1n) is 18.8. The molecule has 56 heavy (non-hydrogen) atoms. The second-order valence-corrected chi connectivity index (χ2v) is 15.0. The van der Waals surface area contributed by atoms with Crippen LogP contribution in [-0.2, 0) is 0 Å². The van der Waals surface area contributed by atoms with Crippen LogP contribution < -0.4 is 0 Å². The van der Waals surface area contributed by atoms with Gasteiger partial charge in [0.05, 0.1) is 16.7 Å². The molecule has 0 aliphatic heterocycles. The first kappa shape index (κ1) is 32.2. The number of hydrogen-bond acceptors (Lipinski definition) is 4. The summed E-state index contributed by atoms with van der Waals surface area (Å²) >= 11 is 1.78. The SMILES string of the molecule is c1ccc(-c2cccc(-c3nc(-c4ccc(-c5ccccc5-n5c6ccccc6c6ccccc65)cc4)nc(-c4cccc5c4sc4ccccc45)n3)c2)cc1. The second kappa shape index (κ2) is 13.3. The van der Waals surface area contributed by atoms with Gasteiger partial charge in [-0.1, -0.05) is 158 Å². The maximum absolute atomic E-state index is 5.21. The monoisotopic (exact) mass is 732 g/mol. The van der Waals surface area contributed by atoms with E-state index in [1.807, 2.05) is 6.07 Å². The van der Waals surface area contributed by atoms with Gasteiger partial charge >= 0.3 is 0 Å². The van der Waals surface area contributed by atoms with Crippen LogP contribution in [0.2, 0.25) is 0 Å². The van der Waals surface area contributed by atoms with Crippen LogP contribution in [0.5, 0.6) is 0 Å². The van der Waals surface area contributed by atoms with Gasteiger partial charge in [0.25, 0.3) is 0 Å². The molecular weight excluding hydrogens is 701 g/mol. The molecule has 0 aliphatic carbocycles. The lowest BCUT2D eigenvalue weighted by Gasteiger charge is -2.14. The Balaban J connectivity index is 1.06. The number of rotatable bonds is 6. The van der Waals surface area contributed by atoms with Crippen LogP contribution in [0, 0.1) is 0 Å². The summed E-state index contributed by atoms with van der Waals surface area (Å²) in [5.41, 5.74) is 10.9. The highest BCUT2D eigenvalue weighted by molar-refractivity contribution is 7.26. The maximum atomic E-state index is 5.21. The largest absolute Gasteiger partial charge is 0.309 e. The Morgan fingerprint density at radius 1 is 0.339 bits per heavy atom. The first-order chi connectivity index (χ1) is 27.8. The number of hydrogen-bond donors (Lipinski definition) is 0. The van der Waals surface area contributed by atoms with E-state index in [1.54, 1.807) is 11.3 Å². The molecular formula is C51H32N4S. The average molecular weight is 733 g/mol. The van der Waals surface area contributed by atoms with Crippen molar-refractivity contribution < 1.29 is 0 Å². The molecule has 8 aromatic carbocycles. The van der Waals surface area contributed by atoms with E-state index in [-0.39, 0.29) is 0 Å². The van der Waals surface area contributed by atoms with Crippen molar-refractivity contribution in [3.63, 3.8) is 0 Å². The van der Waals surface area contributed by atoms with Crippen LogP contribution >= 0.6 is 11.3 Å². The molecule has 0 fully saturated rings. The molecule has 0 aliphatic rings. The lowest BCUT2D eigenvalue weighted by molar-refractivity contribution is 1.08. The van der Waals surface area contributed by atoms with Gasteiger partial charge in [-0.2, -0.15) is 0 Å². The van der Waals surface area contributed by atoms with Crippen molar-refractivity contribution in [2.24, 2.45) is 0 Å². The van der Waals surface area contributed by atoms with E-state index in [0.29, 0.717) is 17.5 Å². The van der Waals surface area contributed by atoms with Gasteiger partial charge in [-0.3, -0.25) is 0 Å². The van der Waals surface area contributed by atoms with E-state index in [0.717, 1.165) is 44.6 Å². The molecule has 0 unspecified atom stereocenters. The van der Waals surface area contributed by atoms with E-state index in [2.05, 4.69) is 193 Å². The zero-order chi connectivity index (χ0) is 37.0. The molecule has 0 saturated heterocycles. The zero-order valence-electron chi connectivity index (χ0n) is 30.2. The summed E-state index contributed by atoms with van der Waals surface area (Å²) in [6.45, 7) is 0. The van der Waals surface area contributed by atoms with Crippen LogP contribution in [0.1, 0.15) is 0 Å². The molecule has 5 heteroatoms. The molecule has 0 radical (unpaired) electrons. The minimum atomic E-state index is 0.635. The van der Waals surface area contributed by atoms with Gasteiger partial charge in [-0.25, -0.2) is 15.0 Å². The predicted octanol–water partition coefficient (Wildman–Crippen LogP) is 13.7. The van der Waals surface area contributed by atoms with E-state index in [4.69, 9.17) is 15.0 Å². The molecule has 262 valence electrons. The molecule has 0 bridgehead atoms. The highest BCUT2D eigenvalue weighted by atomic mass is 32.1.